The smallest absolute Gasteiger partial charge is 0.272 e. The zero-order valence-electron chi connectivity index (χ0n) is 14.5. The molecule has 1 aromatic carbocycles. The highest BCUT2D eigenvalue weighted by Crippen LogP contribution is 2.24. The van der Waals surface area contributed by atoms with E-state index in [1.165, 1.54) is 0 Å². The number of hydrogen-bond donors (Lipinski definition) is 1. The predicted octanol–water partition coefficient (Wildman–Crippen LogP) is 2.55. The Kier molecular flexibility index (Phi) is 4.45. The van der Waals surface area contributed by atoms with Crippen molar-refractivity contribution < 1.29 is 9.53 Å². The highest BCUT2D eigenvalue weighted by molar-refractivity contribution is 5.94. The maximum Gasteiger partial charge on any atom is 0.272 e. The van der Waals surface area contributed by atoms with Crippen molar-refractivity contribution in [1.29, 1.82) is 0 Å². The lowest BCUT2D eigenvalue weighted by Gasteiger charge is -2.26. The average Bonchev–Trinajstić information content (AvgIpc) is 2.68. The van der Waals surface area contributed by atoms with Crippen molar-refractivity contribution in [2.75, 3.05) is 31.6 Å². The van der Waals surface area contributed by atoms with E-state index in [4.69, 9.17) is 4.74 Å². The van der Waals surface area contributed by atoms with Crippen LogP contribution in [-0.4, -0.2) is 52.1 Å². The molecule has 0 radical (unpaired) electrons. The van der Waals surface area contributed by atoms with Crippen molar-refractivity contribution in [2.24, 2.45) is 0 Å². The molecule has 2 aromatic heterocycles. The summed E-state index contributed by atoms with van der Waals surface area (Å²) in [5.41, 5.74) is 2.08. The molecule has 0 bridgehead atoms. The number of anilines is 2. The second kappa shape index (κ2) is 7.05. The van der Waals surface area contributed by atoms with E-state index in [1.54, 1.807) is 24.1 Å². The van der Waals surface area contributed by atoms with E-state index >= 15 is 0 Å². The molecule has 7 nitrogen and oxygen atoms in total. The molecular formula is C19H19N5O2. The highest BCUT2D eigenvalue weighted by atomic mass is 16.5. The van der Waals surface area contributed by atoms with E-state index in [2.05, 4.69) is 20.3 Å². The van der Waals surface area contributed by atoms with Gasteiger partial charge >= 0.3 is 0 Å². The van der Waals surface area contributed by atoms with E-state index in [0.29, 0.717) is 43.6 Å². The van der Waals surface area contributed by atoms with Crippen molar-refractivity contribution in [3.8, 4) is 0 Å². The summed E-state index contributed by atoms with van der Waals surface area (Å²) in [6, 6.07) is 11.5. The Balaban J connectivity index is 1.64. The predicted molar refractivity (Wildman–Crippen MR) is 98.5 cm³/mol. The molecule has 3 aromatic rings. The van der Waals surface area contributed by atoms with Gasteiger partial charge in [0, 0.05) is 30.7 Å². The van der Waals surface area contributed by atoms with Gasteiger partial charge in [-0.25, -0.2) is 9.97 Å². The van der Waals surface area contributed by atoms with Crippen LogP contribution in [0.5, 0.6) is 0 Å². The van der Waals surface area contributed by atoms with Crippen molar-refractivity contribution >= 4 is 28.3 Å². The Morgan fingerprint density at radius 1 is 1.15 bits per heavy atom. The number of aromatic nitrogens is 3. The third-order valence-corrected chi connectivity index (χ3v) is 4.25. The minimum atomic E-state index is -0.0992. The van der Waals surface area contributed by atoms with Crippen LogP contribution in [0.15, 0.2) is 42.6 Å². The molecule has 0 unspecified atom stereocenters. The summed E-state index contributed by atoms with van der Waals surface area (Å²) in [4.78, 5) is 27.6. The third-order valence-electron chi connectivity index (χ3n) is 4.25. The van der Waals surface area contributed by atoms with Gasteiger partial charge in [0.25, 0.3) is 5.91 Å². The fourth-order valence-electron chi connectivity index (χ4n) is 3.01. The van der Waals surface area contributed by atoms with Gasteiger partial charge in [-0.3, -0.25) is 9.78 Å². The van der Waals surface area contributed by atoms with Crippen LogP contribution in [0.2, 0.25) is 0 Å². The monoisotopic (exact) mass is 349 g/mol. The van der Waals surface area contributed by atoms with Crippen LogP contribution in [0.1, 0.15) is 16.3 Å². The second-order valence-electron chi connectivity index (χ2n) is 6.10. The van der Waals surface area contributed by atoms with E-state index < -0.39 is 0 Å². The van der Waals surface area contributed by atoms with Gasteiger partial charge in [-0.1, -0.05) is 18.2 Å². The van der Waals surface area contributed by atoms with Gasteiger partial charge < -0.3 is 15.0 Å². The number of morpholine rings is 1. The van der Waals surface area contributed by atoms with E-state index in [0.717, 1.165) is 16.6 Å². The lowest BCUT2D eigenvalue weighted by atomic mass is 10.2. The van der Waals surface area contributed by atoms with Crippen LogP contribution in [0.4, 0.5) is 11.5 Å². The van der Waals surface area contributed by atoms with Gasteiger partial charge in [0.05, 0.1) is 24.4 Å². The number of amides is 1. The van der Waals surface area contributed by atoms with E-state index in [1.807, 2.05) is 30.3 Å². The molecule has 1 N–H and O–H groups in total. The minimum absolute atomic E-state index is 0.0992. The molecular weight excluding hydrogens is 330 g/mol. The maximum absolute atomic E-state index is 12.7. The van der Waals surface area contributed by atoms with Crippen molar-refractivity contribution in [2.45, 2.75) is 6.92 Å². The fraction of sp³-hybridized carbons (Fsp3) is 0.263. The second-order valence-corrected chi connectivity index (χ2v) is 6.10. The molecule has 3 heterocycles. The molecule has 1 amide bonds. The lowest BCUT2D eigenvalue weighted by Crippen LogP contribution is -2.41. The van der Waals surface area contributed by atoms with Gasteiger partial charge in [0.2, 0.25) is 0 Å². The topological polar surface area (TPSA) is 80.2 Å². The molecule has 1 fully saturated rings. The summed E-state index contributed by atoms with van der Waals surface area (Å²) < 4.78 is 5.31. The molecule has 0 aliphatic carbocycles. The van der Waals surface area contributed by atoms with Crippen molar-refractivity contribution in [3.05, 3.63) is 54.1 Å². The zero-order valence-corrected chi connectivity index (χ0v) is 14.5. The molecule has 0 atom stereocenters. The number of hydrogen-bond acceptors (Lipinski definition) is 6. The number of aryl methyl sites for hydroxylation is 1. The van der Waals surface area contributed by atoms with Crippen LogP contribution >= 0.6 is 0 Å². The normalized spacial score (nSPS) is 14.4. The summed E-state index contributed by atoms with van der Waals surface area (Å²) in [5, 5.41) is 4.31. The number of para-hydroxylation sites is 1. The SMILES string of the molecule is Cc1nc(Nc2cccc3cccnc23)cc(C(=O)N2CCOCC2)n1. The van der Waals surface area contributed by atoms with Gasteiger partial charge in [-0.05, 0) is 19.1 Å². The maximum atomic E-state index is 12.7. The van der Waals surface area contributed by atoms with Crippen LogP contribution in [0.3, 0.4) is 0 Å². The lowest BCUT2D eigenvalue weighted by molar-refractivity contribution is 0.0299. The fourth-order valence-corrected chi connectivity index (χ4v) is 3.01. The number of nitrogens with zero attached hydrogens (tertiary/aromatic N) is 4. The number of fused-ring (bicyclic) bond motifs is 1. The van der Waals surface area contributed by atoms with Gasteiger partial charge in [0.1, 0.15) is 17.3 Å². The molecule has 1 saturated heterocycles. The number of nitrogens with one attached hydrogen (secondary N) is 1. The molecule has 26 heavy (non-hydrogen) atoms. The summed E-state index contributed by atoms with van der Waals surface area (Å²) in [6.45, 7) is 4.06. The van der Waals surface area contributed by atoms with Gasteiger partial charge in [-0.2, -0.15) is 0 Å². The summed E-state index contributed by atoms with van der Waals surface area (Å²) in [7, 11) is 0. The molecule has 132 valence electrons. The molecule has 1 aliphatic rings. The zero-order chi connectivity index (χ0) is 17.9. The van der Waals surface area contributed by atoms with E-state index in [9.17, 15) is 4.79 Å². The standard InChI is InChI=1S/C19H19N5O2/c1-13-21-16(19(25)24-8-10-26-11-9-24)12-17(22-13)23-15-6-2-4-14-5-3-7-20-18(14)15/h2-7,12H,8-11H2,1H3,(H,21,22,23). The number of ether oxygens (including phenoxy) is 1. The number of carbonyl (C=O) groups is 1. The summed E-state index contributed by atoms with van der Waals surface area (Å²) >= 11 is 0. The Bertz CT molecular complexity index is 948. The van der Waals surface area contributed by atoms with Crippen LogP contribution in [-0.2, 0) is 4.74 Å². The average molecular weight is 349 g/mol. The molecule has 1 aliphatic heterocycles. The van der Waals surface area contributed by atoms with Crippen LogP contribution in [0, 0.1) is 6.92 Å². The largest absolute Gasteiger partial charge is 0.378 e. The molecule has 4 rings (SSSR count). The number of pyridine rings is 1. The molecule has 0 spiro atoms. The Morgan fingerprint density at radius 3 is 2.81 bits per heavy atom. The molecule has 7 heteroatoms. The Morgan fingerprint density at radius 2 is 1.96 bits per heavy atom. The van der Waals surface area contributed by atoms with E-state index in [-0.39, 0.29) is 5.91 Å². The van der Waals surface area contributed by atoms with Crippen molar-refractivity contribution in [1.82, 2.24) is 19.9 Å². The number of carbonyl (C=O) groups excluding carboxylic acids is 1. The van der Waals surface area contributed by atoms with Gasteiger partial charge in [0.15, 0.2) is 0 Å². The summed E-state index contributed by atoms with van der Waals surface area (Å²) in [5.74, 6) is 1.02. The minimum Gasteiger partial charge on any atom is -0.378 e. The first kappa shape index (κ1) is 16.4. The quantitative estimate of drug-likeness (QED) is 0.783. The summed E-state index contributed by atoms with van der Waals surface area (Å²) in [6.07, 6.45) is 1.76. The Hall–Kier alpha value is -3.06. The number of rotatable bonds is 3. The molecule has 0 saturated carbocycles. The van der Waals surface area contributed by atoms with Gasteiger partial charge in [-0.15, -0.1) is 0 Å². The van der Waals surface area contributed by atoms with Crippen LogP contribution < -0.4 is 5.32 Å². The first-order valence-corrected chi connectivity index (χ1v) is 8.54. The first-order chi connectivity index (χ1) is 12.7. The van der Waals surface area contributed by atoms with Crippen molar-refractivity contribution in [3.63, 3.8) is 0 Å². The Labute approximate surface area is 151 Å². The third kappa shape index (κ3) is 3.34. The van der Waals surface area contributed by atoms with Crippen LogP contribution in [0.25, 0.3) is 10.9 Å². The first-order valence-electron chi connectivity index (χ1n) is 8.54. The number of benzene rings is 1. The highest BCUT2D eigenvalue weighted by Gasteiger charge is 2.20.